The molecule has 3 rings (SSSR count). The van der Waals surface area contributed by atoms with E-state index in [1.54, 1.807) is 24.4 Å². The number of hydrazone groups is 1. The highest BCUT2D eigenvalue weighted by molar-refractivity contribution is 6.02. The summed E-state index contributed by atoms with van der Waals surface area (Å²) in [6.07, 6.45) is 1.57. The highest BCUT2D eigenvalue weighted by atomic mass is 16.2. The van der Waals surface area contributed by atoms with Crippen LogP contribution in [0.4, 0.5) is 0 Å². The van der Waals surface area contributed by atoms with Crippen LogP contribution in [-0.4, -0.2) is 21.6 Å². The number of H-pyrrole nitrogens is 1. The van der Waals surface area contributed by atoms with Gasteiger partial charge in [-0.1, -0.05) is 24.3 Å². The van der Waals surface area contributed by atoms with Gasteiger partial charge in [-0.3, -0.25) is 9.78 Å². The van der Waals surface area contributed by atoms with Gasteiger partial charge in [0.05, 0.1) is 11.4 Å². The fraction of sp³-hybridized carbons (Fsp3) is 0.0625. The minimum Gasteiger partial charge on any atom is -0.353 e. The third-order valence-corrected chi connectivity index (χ3v) is 3.14. The summed E-state index contributed by atoms with van der Waals surface area (Å²) in [7, 11) is 0. The maximum Gasteiger partial charge on any atom is 0.289 e. The number of benzene rings is 1. The first-order chi connectivity index (χ1) is 10.2. The molecule has 0 saturated carbocycles. The maximum absolute atomic E-state index is 11.9. The van der Waals surface area contributed by atoms with Crippen molar-refractivity contribution in [3.63, 3.8) is 0 Å². The number of amides is 1. The Hall–Kier alpha value is -2.95. The van der Waals surface area contributed by atoms with Crippen LogP contribution in [0.1, 0.15) is 23.1 Å². The van der Waals surface area contributed by atoms with Crippen molar-refractivity contribution in [3.05, 3.63) is 66.1 Å². The standard InChI is InChI=1S/C16H14N4O/c1-11(15-10-12-6-2-3-7-13(12)18-15)19-20-16(21)14-8-4-5-9-17-14/h2-10,18H,1H3,(H,20,21)/b19-11+. The van der Waals surface area contributed by atoms with Gasteiger partial charge in [0.2, 0.25) is 0 Å². The van der Waals surface area contributed by atoms with Gasteiger partial charge in [0, 0.05) is 17.1 Å². The van der Waals surface area contributed by atoms with Gasteiger partial charge in [-0.15, -0.1) is 0 Å². The molecule has 0 radical (unpaired) electrons. The summed E-state index contributed by atoms with van der Waals surface area (Å²) >= 11 is 0. The first kappa shape index (κ1) is 13.1. The van der Waals surface area contributed by atoms with E-state index < -0.39 is 0 Å². The number of carbonyl (C=O) groups excluding carboxylic acids is 1. The van der Waals surface area contributed by atoms with Crippen LogP contribution in [0.3, 0.4) is 0 Å². The van der Waals surface area contributed by atoms with Gasteiger partial charge in [-0.05, 0) is 31.2 Å². The Balaban J connectivity index is 1.78. The van der Waals surface area contributed by atoms with Crippen molar-refractivity contribution < 1.29 is 4.79 Å². The van der Waals surface area contributed by atoms with Crippen molar-refractivity contribution in [3.8, 4) is 0 Å². The zero-order chi connectivity index (χ0) is 14.7. The molecule has 2 aromatic heterocycles. The summed E-state index contributed by atoms with van der Waals surface area (Å²) in [5.74, 6) is -0.328. The SMILES string of the molecule is C/C(=N\NC(=O)c1ccccn1)c1cc2ccccc2[nH]1. The average Bonchev–Trinajstić information content (AvgIpc) is 2.97. The lowest BCUT2D eigenvalue weighted by atomic mass is 10.2. The molecule has 0 spiro atoms. The Labute approximate surface area is 121 Å². The summed E-state index contributed by atoms with van der Waals surface area (Å²) in [5, 5.41) is 5.22. The van der Waals surface area contributed by atoms with Crippen LogP contribution in [0.2, 0.25) is 0 Å². The van der Waals surface area contributed by atoms with Crippen LogP contribution in [0.5, 0.6) is 0 Å². The van der Waals surface area contributed by atoms with E-state index in [1.165, 1.54) is 0 Å². The monoisotopic (exact) mass is 278 g/mol. The summed E-state index contributed by atoms with van der Waals surface area (Å²) < 4.78 is 0. The number of para-hydroxylation sites is 1. The number of nitrogens with one attached hydrogen (secondary N) is 2. The minimum absolute atomic E-state index is 0.328. The van der Waals surface area contributed by atoms with Gasteiger partial charge in [0.25, 0.3) is 5.91 Å². The lowest BCUT2D eigenvalue weighted by Gasteiger charge is -2.00. The number of fused-ring (bicyclic) bond motifs is 1. The third-order valence-electron chi connectivity index (χ3n) is 3.14. The highest BCUT2D eigenvalue weighted by Crippen LogP contribution is 2.14. The summed E-state index contributed by atoms with van der Waals surface area (Å²) in [6, 6.07) is 15.1. The number of hydrogen-bond acceptors (Lipinski definition) is 3. The lowest BCUT2D eigenvalue weighted by molar-refractivity contribution is 0.0950. The molecule has 0 atom stereocenters. The van der Waals surface area contributed by atoms with Crippen molar-refractivity contribution in [2.45, 2.75) is 6.92 Å². The minimum atomic E-state index is -0.328. The fourth-order valence-corrected chi connectivity index (χ4v) is 2.02. The number of aromatic amines is 1. The number of aromatic nitrogens is 2. The molecule has 3 aromatic rings. The van der Waals surface area contributed by atoms with Crippen molar-refractivity contribution >= 4 is 22.5 Å². The fourth-order valence-electron chi connectivity index (χ4n) is 2.02. The molecule has 1 aromatic carbocycles. The molecule has 2 heterocycles. The summed E-state index contributed by atoms with van der Waals surface area (Å²) in [5.41, 5.74) is 5.46. The molecule has 0 unspecified atom stereocenters. The molecule has 104 valence electrons. The number of hydrogen-bond donors (Lipinski definition) is 2. The Bertz CT molecular complexity index is 772. The highest BCUT2D eigenvalue weighted by Gasteiger charge is 2.06. The first-order valence-corrected chi connectivity index (χ1v) is 6.58. The predicted octanol–water partition coefficient (Wildman–Crippen LogP) is 2.72. The van der Waals surface area contributed by atoms with E-state index in [4.69, 9.17) is 0 Å². The Morgan fingerprint density at radius 3 is 2.76 bits per heavy atom. The molecule has 0 aliphatic rings. The quantitative estimate of drug-likeness (QED) is 0.571. The largest absolute Gasteiger partial charge is 0.353 e. The third kappa shape index (κ3) is 2.81. The molecule has 0 saturated heterocycles. The van der Waals surface area contributed by atoms with E-state index in [0.29, 0.717) is 11.4 Å². The normalized spacial score (nSPS) is 11.6. The summed E-state index contributed by atoms with van der Waals surface area (Å²) in [6.45, 7) is 1.84. The van der Waals surface area contributed by atoms with E-state index in [1.807, 2.05) is 37.3 Å². The Morgan fingerprint density at radius 2 is 2.00 bits per heavy atom. The van der Waals surface area contributed by atoms with Crippen LogP contribution in [0.25, 0.3) is 10.9 Å². The molecule has 5 nitrogen and oxygen atoms in total. The zero-order valence-corrected chi connectivity index (χ0v) is 11.5. The molecular weight excluding hydrogens is 264 g/mol. The van der Waals surface area contributed by atoms with Crippen molar-refractivity contribution in [2.75, 3.05) is 0 Å². The van der Waals surface area contributed by atoms with Gasteiger partial charge in [0.15, 0.2) is 0 Å². The van der Waals surface area contributed by atoms with E-state index in [2.05, 4.69) is 20.5 Å². The molecule has 0 aliphatic heterocycles. The number of rotatable bonds is 3. The number of carbonyl (C=O) groups is 1. The van der Waals surface area contributed by atoms with Crippen molar-refractivity contribution in [2.24, 2.45) is 5.10 Å². The maximum atomic E-state index is 11.9. The van der Waals surface area contributed by atoms with E-state index in [9.17, 15) is 4.79 Å². The van der Waals surface area contributed by atoms with Gasteiger partial charge in [-0.25, -0.2) is 5.43 Å². The molecule has 1 amide bonds. The van der Waals surface area contributed by atoms with Gasteiger partial charge in [-0.2, -0.15) is 5.10 Å². The van der Waals surface area contributed by atoms with Crippen LogP contribution >= 0.6 is 0 Å². The van der Waals surface area contributed by atoms with Crippen LogP contribution in [0, 0.1) is 0 Å². The average molecular weight is 278 g/mol. The van der Waals surface area contributed by atoms with Crippen LogP contribution < -0.4 is 5.43 Å². The molecule has 21 heavy (non-hydrogen) atoms. The molecule has 2 N–H and O–H groups in total. The zero-order valence-electron chi connectivity index (χ0n) is 11.5. The summed E-state index contributed by atoms with van der Waals surface area (Å²) in [4.78, 5) is 19.1. The van der Waals surface area contributed by atoms with E-state index in [0.717, 1.165) is 16.6 Å². The van der Waals surface area contributed by atoms with Gasteiger partial charge >= 0.3 is 0 Å². The smallest absolute Gasteiger partial charge is 0.289 e. The Kier molecular flexibility index (Phi) is 3.47. The van der Waals surface area contributed by atoms with Crippen LogP contribution in [0.15, 0.2) is 59.8 Å². The van der Waals surface area contributed by atoms with E-state index in [-0.39, 0.29) is 5.91 Å². The molecule has 0 bridgehead atoms. The molecule has 0 aliphatic carbocycles. The second kappa shape index (κ2) is 5.58. The number of nitrogens with zero attached hydrogens (tertiary/aromatic N) is 2. The second-order valence-electron chi connectivity index (χ2n) is 4.62. The molecular formula is C16H14N4O. The molecule has 5 heteroatoms. The van der Waals surface area contributed by atoms with Crippen molar-refractivity contribution in [1.82, 2.24) is 15.4 Å². The lowest BCUT2D eigenvalue weighted by Crippen LogP contribution is -2.20. The van der Waals surface area contributed by atoms with E-state index >= 15 is 0 Å². The van der Waals surface area contributed by atoms with Crippen LogP contribution in [-0.2, 0) is 0 Å². The number of pyridine rings is 1. The first-order valence-electron chi connectivity index (χ1n) is 6.58. The van der Waals surface area contributed by atoms with Gasteiger partial charge < -0.3 is 4.98 Å². The van der Waals surface area contributed by atoms with Gasteiger partial charge in [0.1, 0.15) is 5.69 Å². The second-order valence-corrected chi connectivity index (χ2v) is 4.62. The van der Waals surface area contributed by atoms with Crippen molar-refractivity contribution in [1.29, 1.82) is 0 Å². The molecule has 0 fully saturated rings. The predicted molar refractivity (Wildman–Crippen MR) is 82.2 cm³/mol. The topological polar surface area (TPSA) is 70.1 Å². The Morgan fingerprint density at radius 1 is 1.19 bits per heavy atom.